The number of hydrogen-bond acceptors (Lipinski definition) is 6. The number of rotatable bonds is 9. The molecule has 0 aliphatic rings. The van der Waals surface area contributed by atoms with Crippen molar-refractivity contribution < 1.29 is 14.3 Å². The number of aryl methyl sites for hydroxylation is 1. The molecule has 0 unspecified atom stereocenters. The van der Waals surface area contributed by atoms with Crippen molar-refractivity contribution in [2.45, 2.75) is 38.5 Å². The zero-order chi connectivity index (χ0) is 22.4. The predicted molar refractivity (Wildman–Crippen MR) is 123 cm³/mol. The number of aromatic nitrogens is 3. The summed E-state index contributed by atoms with van der Waals surface area (Å²) in [6, 6.07) is 13.7. The molecule has 3 rings (SSSR count). The van der Waals surface area contributed by atoms with E-state index in [1.54, 1.807) is 7.11 Å². The Labute approximate surface area is 187 Å². The lowest BCUT2D eigenvalue weighted by atomic mass is 10.0. The summed E-state index contributed by atoms with van der Waals surface area (Å²) in [5.74, 6) is 2.59. The van der Waals surface area contributed by atoms with Gasteiger partial charge in [0.1, 0.15) is 6.61 Å². The molecule has 0 fully saturated rings. The number of methoxy groups -OCH3 is 1. The maximum Gasteiger partial charge on any atom is 0.234 e. The van der Waals surface area contributed by atoms with Gasteiger partial charge >= 0.3 is 0 Å². The molecule has 3 aromatic rings. The van der Waals surface area contributed by atoms with E-state index < -0.39 is 0 Å². The molecule has 0 atom stereocenters. The highest BCUT2D eigenvalue weighted by atomic mass is 32.2. The molecule has 1 N–H and O–H groups in total. The molecular weight excluding hydrogens is 412 g/mol. The Bertz CT molecular complexity index is 1030. The molecule has 1 aromatic heterocycles. The Balaban J connectivity index is 1.53. The van der Waals surface area contributed by atoms with Gasteiger partial charge < -0.3 is 19.4 Å². The number of anilines is 1. The van der Waals surface area contributed by atoms with Gasteiger partial charge in [0.2, 0.25) is 5.91 Å². The topological polar surface area (TPSA) is 78.3 Å². The van der Waals surface area contributed by atoms with E-state index in [9.17, 15) is 4.79 Å². The number of ether oxygens (including phenoxy) is 2. The standard InChI is InChI=1S/C23H28N4O3S/c1-15(2)17-7-9-18(10-8-17)24-22(28)14-31-23-26-25-21(27(23)4)13-30-19-11-6-16(3)12-20(19)29-5/h6-12,15H,13-14H2,1-5H3,(H,24,28). The Hall–Kier alpha value is -3.00. The lowest BCUT2D eigenvalue weighted by molar-refractivity contribution is -0.113. The van der Waals surface area contributed by atoms with Gasteiger partial charge in [-0.25, -0.2) is 0 Å². The molecule has 0 spiro atoms. The van der Waals surface area contributed by atoms with E-state index in [1.807, 2.05) is 61.0 Å². The smallest absolute Gasteiger partial charge is 0.234 e. The second-order valence-corrected chi connectivity index (χ2v) is 8.46. The summed E-state index contributed by atoms with van der Waals surface area (Å²) in [7, 11) is 3.47. The minimum absolute atomic E-state index is 0.0903. The van der Waals surface area contributed by atoms with Crippen molar-refractivity contribution in [2.24, 2.45) is 7.05 Å². The Morgan fingerprint density at radius 2 is 1.87 bits per heavy atom. The van der Waals surface area contributed by atoms with Crippen LogP contribution in [0, 0.1) is 6.92 Å². The van der Waals surface area contributed by atoms with Crippen molar-refractivity contribution in [1.29, 1.82) is 0 Å². The number of thioether (sulfide) groups is 1. The normalized spacial score (nSPS) is 10.9. The van der Waals surface area contributed by atoms with Crippen molar-refractivity contribution in [3.63, 3.8) is 0 Å². The SMILES string of the molecule is COc1cc(C)ccc1OCc1nnc(SCC(=O)Nc2ccc(C(C)C)cc2)n1C. The van der Waals surface area contributed by atoms with Crippen molar-refractivity contribution in [2.75, 3.05) is 18.2 Å². The van der Waals surface area contributed by atoms with Crippen molar-refractivity contribution in [3.8, 4) is 11.5 Å². The van der Waals surface area contributed by atoms with Crippen LogP contribution in [-0.4, -0.2) is 33.5 Å². The third-order valence-electron chi connectivity index (χ3n) is 4.79. The van der Waals surface area contributed by atoms with Gasteiger partial charge in [0.25, 0.3) is 0 Å². The molecule has 2 aromatic carbocycles. The average Bonchev–Trinajstić information content (AvgIpc) is 3.11. The first-order chi connectivity index (χ1) is 14.9. The van der Waals surface area contributed by atoms with E-state index in [0.717, 1.165) is 11.3 Å². The van der Waals surface area contributed by atoms with E-state index in [4.69, 9.17) is 9.47 Å². The largest absolute Gasteiger partial charge is 0.493 e. The van der Waals surface area contributed by atoms with Crippen LogP contribution in [0.4, 0.5) is 5.69 Å². The van der Waals surface area contributed by atoms with Gasteiger partial charge in [-0.15, -0.1) is 10.2 Å². The van der Waals surface area contributed by atoms with E-state index in [0.29, 0.717) is 28.4 Å². The molecule has 0 aliphatic heterocycles. The summed E-state index contributed by atoms with van der Waals surface area (Å²) >= 11 is 1.33. The van der Waals surface area contributed by atoms with Gasteiger partial charge in [-0.2, -0.15) is 0 Å². The fourth-order valence-corrected chi connectivity index (χ4v) is 3.64. The van der Waals surface area contributed by atoms with Crippen molar-refractivity contribution >= 4 is 23.4 Å². The second-order valence-electron chi connectivity index (χ2n) is 7.51. The minimum Gasteiger partial charge on any atom is -0.493 e. The van der Waals surface area contributed by atoms with Gasteiger partial charge in [-0.3, -0.25) is 4.79 Å². The number of benzene rings is 2. The van der Waals surface area contributed by atoms with Crippen LogP contribution in [0.2, 0.25) is 0 Å². The van der Waals surface area contributed by atoms with Crippen LogP contribution in [-0.2, 0) is 18.4 Å². The Morgan fingerprint density at radius 3 is 2.55 bits per heavy atom. The average molecular weight is 441 g/mol. The molecule has 0 radical (unpaired) electrons. The van der Waals surface area contributed by atoms with E-state index in [-0.39, 0.29) is 18.3 Å². The molecule has 0 aliphatic carbocycles. The summed E-state index contributed by atoms with van der Waals surface area (Å²) in [6.07, 6.45) is 0. The predicted octanol–water partition coefficient (Wildman–Crippen LogP) is 4.57. The second kappa shape index (κ2) is 10.3. The van der Waals surface area contributed by atoms with Crippen molar-refractivity contribution in [1.82, 2.24) is 14.8 Å². The molecule has 1 amide bonds. The Kier molecular flexibility index (Phi) is 7.57. The fraction of sp³-hybridized carbons (Fsp3) is 0.348. The first kappa shape index (κ1) is 22.7. The number of nitrogens with zero attached hydrogens (tertiary/aromatic N) is 3. The zero-order valence-corrected chi connectivity index (χ0v) is 19.3. The van der Waals surface area contributed by atoms with E-state index in [2.05, 4.69) is 29.4 Å². The third kappa shape index (κ3) is 6.01. The van der Waals surface area contributed by atoms with Crippen LogP contribution in [0.25, 0.3) is 0 Å². The van der Waals surface area contributed by atoms with Crippen LogP contribution < -0.4 is 14.8 Å². The Morgan fingerprint density at radius 1 is 1.13 bits per heavy atom. The first-order valence-electron chi connectivity index (χ1n) is 10.1. The number of nitrogens with one attached hydrogen (secondary N) is 1. The van der Waals surface area contributed by atoms with Gasteiger partial charge in [-0.05, 0) is 48.2 Å². The first-order valence-corrected chi connectivity index (χ1v) is 11.0. The monoisotopic (exact) mass is 440 g/mol. The molecule has 1 heterocycles. The van der Waals surface area contributed by atoms with Gasteiger partial charge in [0.05, 0.1) is 12.9 Å². The third-order valence-corrected chi connectivity index (χ3v) is 5.81. The number of hydrogen-bond donors (Lipinski definition) is 1. The maximum atomic E-state index is 12.3. The molecule has 0 saturated carbocycles. The molecule has 8 heteroatoms. The zero-order valence-electron chi connectivity index (χ0n) is 18.5. The lowest BCUT2D eigenvalue weighted by Crippen LogP contribution is -2.14. The maximum absolute atomic E-state index is 12.3. The summed E-state index contributed by atoms with van der Waals surface area (Å²) in [5.41, 5.74) is 3.12. The molecule has 31 heavy (non-hydrogen) atoms. The molecule has 0 saturated heterocycles. The van der Waals surface area contributed by atoms with Gasteiger partial charge in [0.15, 0.2) is 22.5 Å². The van der Waals surface area contributed by atoms with E-state index >= 15 is 0 Å². The molecule has 7 nitrogen and oxygen atoms in total. The number of amides is 1. The van der Waals surface area contributed by atoms with Crippen LogP contribution in [0.1, 0.15) is 36.7 Å². The highest BCUT2D eigenvalue weighted by molar-refractivity contribution is 7.99. The molecular formula is C23H28N4O3S. The summed E-state index contributed by atoms with van der Waals surface area (Å²) < 4.78 is 13.1. The van der Waals surface area contributed by atoms with E-state index in [1.165, 1.54) is 17.3 Å². The number of carbonyl (C=O) groups excluding carboxylic acids is 1. The number of carbonyl (C=O) groups is 1. The fourth-order valence-electron chi connectivity index (χ4n) is 2.91. The van der Waals surface area contributed by atoms with Gasteiger partial charge in [0, 0.05) is 12.7 Å². The van der Waals surface area contributed by atoms with Crippen LogP contribution in [0.3, 0.4) is 0 Å². The molecule has 164 valence electrons. The minimum atomic E-state index is -0.0903. The lowest BCUT2D eigenvalue weighted by Gasteiger charge is -2.11. The van der Waals surface area contributed by atoms with Gasteiger partial charge in [-0.1, -0.05) is 43.8 Å². The summed E-state index contributed by atoms with van der Waals surface area (Å²) in [5, 5.41) is 11.9. The van der Waals surface area contributed by atoms with Crippen LogP contribution in [0.5, 0.6) is 11.5 Å². The highest BCUT2D eigenvalue weighted by Crippen LogP contribution is 2.28. The quantitative estimate of drug-likeness (QED) is 0.491. The summed E-state index contributed by atoms with van der Waals surface area (Å²) in [6.45, 7) is 6.52. The van der Waals surface area contributed by atoms with Crippen LogP contribution in [0.15, 0.2) is 47.6 Å². The van der Waals surface area contributed by atoms with Crippen molar-refractivity contribution in [3.05, 3.63) is 59.4 Å². The molecule has 0 bridgehead atoms. The summed E-state index contributed by atoms with van der Waals surface area (Å²) in [4.78, 5) is 12.3. The highest BCUT2D eigenvalue weighted by Gasteiger charge is 2.13. The van der Waals surface area contributed by atoms with Crippen LogP contribution >= 0.6 is 11.8 Å².